The molecule has 4 aliphatic carbocycles. The molecule has 6 rings (SSSR count). The third-order valence-electron chi connectivity index (χ3n) is 10.5. The summed E-state index contributed by atoms with van der Waals surface area (Å²) in [6.45, 7) is 6.24. The largest absolute Gasteiger partial charge is 0.462 e. The molecule has 0 unspecified atom stereocenters. The summed E-state index contributed by atoms with van der Waals surface area (Å²) in [6, 6.07) is 9.22. The van der Waals surface area contributed by atoms with Crippen molar-refractivity contribution in [2.45, 2.75) is 95.0 Å². The molecule has 0 aromatic heterocycles. The van der Waals surface area contributed by atoms with Crippen molar-refractivity contribution in [1.29, 1.82) is 0 Å². The van der Waals surface area contributed by atoms with Crippen LogP contribution < -0.4 is 0 Å². The van der Waals surface area contributed by atoms with Crippen molar-refractivity contribution < 1.29 is 23.8 Å². The molecular weight excluding hydrogens is 452 g/mol. The highest BCUT2D eigenvalue weighted by atomic mass is 35.5. The lowest BCUT2D eigenvalue weighted by Gasteiger charge is -2.60. The maximum absolute atomic E-state index is 12.7. The summed E-state index contributed by atoms with van der Waals surface area (Å²) in [6.07, 6.45) is 6.58. The van der Waals surface area contributed by atoms with Gasteiger partial charge < -0.3 is 14.2 Å². The zero-order valence-electron chi connectivity index (χ0n) is 20.3. The van der Waals surface area contributed by atoms with Crippen LogP contribution in [0.4, 0.5) is 0 Å². The van der Waals surface area contributed by atoms with E-state index in [2.05, 4.69) is 13.8 Å². The number of alkyl halides is 1. The Balaban J connectivity index is 1.23. The van der Waals surface area contributed by atoms with E-state index in [-0.39, 0.29) is 52.1 Å². The molecule has 5 aliphatic rings. The summed E-state index contributed by atoms with van der Waals surface area (Å²) in [5.74, 6) is 0.865. The van der Waals surface area contributed by atoms with Gasteiger partial charge in [0, 0.05) is 24.2 Å². The number of hydrogen-bond acceptors (Lipinski definition) is 5. The monoisotopic (exact) mass is 486 g/mol. The fourth-order valence-electron chi connectivity index (χ4n) is 8.81. The minimum absolute atomic E-state index is 0.00631. The van der Waals surface area contributed by atoms with Gasteiger partial charge in [-0.2, -0.15) is 0 Å². The number of fused-ring (bicyclic) bond motifs is 4. The van der Waals surface area contributed by atoms with Crippen LogP contribution in [0.25, 0.3) is 0 Å². The standard InChI is InChI=1S/C28H35ClO5/c1-16(30)32-21-10-9-19-22-20(12-13-26(19,21)2)27(3)14-11-18(15-28(27)24(34-28)23(22)29)33-25(31)17-7-5-4-6-8-17/h4-8,18-24H,9-15H2,1-3H3/t18-,19-,20-,21-,22-,23-,24+,26-,27+,28+/m0/s1. The van der Waals surface area contributed by atoms with Gasteiger partial charge in [-0.25, -0.2) is 4.79 Å². The Morgan fingerprint density at radius 1 is 1.00 bits per heavy atom. The van der Waals surface area contributed by atoms with E-state index in [1.807, 2.05) is 18.2 Å². The Hall–Kier alpha value is -1.59. The molecule has 1 aromatic rings. The van der Waals surface area contributed by atoms with Gasteiger partial charge in [-0.3, -0.25) is 4.79 Å². The van der Waals surface area contributed by atoms with Crippen LogP contribution >= 0.6 is 11.6 Å². The molecular formula is C28H35ClO5. The van der Waals surface area contributed by atoms with Crippen LogP contribution in [0, 0.1) is 28.6 Å². The Morgan fingerprint density at radius 3 is 2.50 bits per heavy atom. The van der Waals surface area contributed by atoms with E-state index in [1.165, 1.54) is 6.92 Å². The zero-order valence-corrected chi connectivity index (χ0v) is 21.1. The number of ether oxygens (including phenoxy) is 3. The van der Waals surface area contributed by atoms with E-state index in [4.69, 9.17) is 25.8 Å². The number of halogens is 1. The topological polar surface area (TPSA) is 65.1 Å². The molecule has 5 fully saturated rings. The minimum atomic E-state index is -0.290. The van der Waals surface area contributed by atoms with Crippen LogP contribution in [0.1, 0.15) is 76.1 Å². The average Bonchev–Trinajstić information content (AvgIpc) is 3.46. The first-order chi connectivity index (χ1) is 16.2. The molecule has 1 aliphatic heterocycles. The van der Waals surface area contributed by atoms with E-state index < -0.39 is 0 Å². The van der Waals surface area contributed by atoms with E-state index in [0.29, 0.717) is 23.3 Å². The summed E-state index contributed by atoms with van der Waals surface area (Å²) in [4.78, 5) is 24.5. The van der Waals surface area contributed by atoms with Crippen LogP contribution in [0.3, 0.4) is 0 Å². The molecule has 4 saturated carbocycles. The Morgan fingerprint density at radius 2 is 1.76 bits per heavy atom. The Bertz CT molecular complexity index is 998. The third-order valence-corrected chi connectivity index (χ3v) is 11.1. The summed E-state index contributed by atoms with van der Waals surface area (Å²) in [5, 5.41) is -0.0534. The number of rotatable bonds is 3. The predicted octanol–water partition coefficient (Wildman–Crippen LogP) is 5.54. The van der Waals surface area contributed by atoms with Gasteiger partial charge in [-0.05, 0) is 68.4 Å². The van der Waals surface area contributed by atoms with Crippen molar-refractivity contribution in [3.63, 3.8) is 0 Å². The lowest BCUT2D eigenvalue weighted by molar-refractivity contribution is -0.160. The van der Waals surface area contributed by atoms with E-state index >= 15 is 0 Å². The van der Waals surface area contributed by atoms with Gasteiger partial charge in [0.05, 0.1) is 10.9 Å². The minimum Gasteiger partial charge on any atom is -0.462 e. The first-order valence-electron chi connectivity index (χ1n) is 12.9. The van der Waals surface area contributed by atoms with Crippen molar-refractivity contribution in [3.05, 3.63) is 35.9 Å². The highest BCUT2D eigenvalue weighted by Gasteiger charge is 2.79. The maximum Gasteiger partial charge on any atom is 0.338 e. The molecule has 184 valence electrons. The fourth-order valence-corrected chi connectivity index (χ4v) is 9.41. The number of carbonyl (C=O) groups is 2. The number of esters is 2. The molecule has 34 heavy (non-hydrogen) atoms. The third kappa shape index (κ3) is 3.08. The lowest BCUT2D eigenvalue weighted by atomic mass is 9.45. The summed E-state index contributed by atoms with van der Waals surface area (Å²) >= 11 is 7.25. The maximum atomic E-state index is 12.7. The summed E-state index contributed by atoms with van der Waals surface area (Å²) in [7, 11) is 0. The Labute approximate surface area is 206 Å². The number of benzene rings is 1. The quantitative estimate of drug-likeness (QED) is 0.319. The molecule has 0 radical (unpaired) electrons. The Kier molecular flexibility index (Phi) is 5.18. The molecule has 6 heteroatoms. The van der Waals surface area contributed by atoms with Crippen LogP contribution in [-0.4, -0.2) is 41.2 Å². The van der Waals surface area contributed by atoms with Crippen LogP contribution in [0.2, 0.25) is 0 Å². The van der Waals surface area contributed by atoms with E-state index in [9.17, 15) is 9.59 Å². The SMILES string of the molecule is CC(=O)O[C@H]1CC[C@H]2[C@@H]3[C@H](Cl)[C@H]4O[C@]45C[C@@H](OC(=O)c4ccccc4)CC[C@]5(C)[C@H]3CC[C@]12C. The summed E-state index contributed by atoms with van der Waals surface area (Å²) in [5.41, 5.74) is 0.329. The van der Waals surface area contributed by atoms with E-state index in [0.717, 1.165) is 44.9 Å². The molecule has 1 aromatic carbocycles. The van der Waals surface area contributed by atoms with Crippen molar-refractivity contribution in [2.75, 3.05) is 0 Å². The van der Waals surface area contributed by atoms with Crippen molar-refractivity contribution in [2.24, 2.45) is 28.6 Å². The normalized spacial score (nSPS) is 48.5. The van der Waals surface area contributed by atoms with Crippen molar-refractivity contribution >= 4 is 23.5 Å². The van der Waals surface area contributed by atoms with Crippen LogP contribution in [0.5, 0.6) is 0 Å². The van der Waals surface area contributed by atoms with Gasteiger partial charge >= 0.3 is 11.9 Å². The van der Waals surface area contributed by atoms with Gasteiger partial charge in [0.1, 0.15) is 23.9 Å². The molecule has 0 bridgehead atoms. The molecule has 0 N–H and O–H groups in total. The second-order valence-electron chi connectivity index (χ2n) is 11.9. The van der Waals surface area contributed by atoms with Crippen molar-refractivity contribution in [1.82, 2.24) is 0 Å². The zero-order chi connectivity index (χ0) is 23.9. The predicted molar refractivity (Wildman–Crippen MR) is 127 cm³/mol. The van der Waals surface area contributed by atoms with Crippen molar-refractivity contribution in [3.8, 4) is 0 Å². The molecule has 1 spiro atoms. The first kappa shape index (κ1) is 22.8. The smallest absolute Gasteiger partial charge is 0.338 e. The average molecular weight is 487 g/mol. The molecule has 1 saturated heterocycles. The van der Waals surface area contributed by atoms with E-state index in [1.54, 1.807) is 12.1 Å². The fraction of sp³-hybridized carbons (Fsp3) is 0.714. The van der Waals surface area contributed by atoms with Gasteiger partial charge in [0.15, 0.2) is 0 Å². The second kappa shape index (κ2) is 7.70. The van der Waals surface area contributed by atoms with Crippen LogP contribution in [0.15, 0.2) is 30.3 Å². The molecule has 10 atom stereocenters. The summed E-state index contributed by atoms with van der Waals surface area (Å²) < 4.78 is 18.3. The van der Waals surface area contributed by atoms with Gasteiger partial charge in [0.25, 0.3) is 0 Å². The highest BCUT2D eigenvalue weighted by Crippen LogP contribution is 2.74. The highest BCUT2D eigenvalue weighted by molar-refractivity contribution is 6.21. The second-order valence-corrected chi connectivity index (χ2v) is 12.4. The van der Waals surface area contributed by atoms with Crippen LogP contribution in [-0.2, 0) is 19.0 Å². The van der Waals surface area contributed by atoms with Gasteiger partial charge in [-0.15, -0.1) is 11.6 Å². The van der Waals surface area contributed by atoms with Gasteiger partial charge in [0.2, 0.25) is 0 Å². The molecule has 1 heterocycles. The van der Waals surface area contributed by atoms with Gasteiger partial charge in [-0.1, -0.05) is 32.0 Å². The lowest BCUT2D eigenvalue weighted by Crippen LogP contribution is -2.62. The number of hydrogen-bond donors (Lipinski definition) is 0. The molecule has 0 amide bonds. The molecule has 5 nitrogen and oxygen atoms in total. The first-order valence-corrected chi connectivity index (χ1v) is 13.4. The number of epoxide rings is 1. The number of carbonyl (C=O) groups excluding carboxylic acids is 2.